The minimum atomic E-state index is -1.27. The van der Waals surface area contributed by atoms with Crippen molar-refractivity contribution in [1.82, 2.24) is 5.32 Å². The molecule has 0 aromatic heterocycles. The molecule has 114 valence electrons. The van der Waals surface area contributed by atoms with Gasteiger partial charge in [-0.3, -0.25) is 9.59 Å². The van der Waals surface area contributed by atoms with Crippen LogP contribution in [0.25, 0.3) is 0 Å². The summed E-state index contributed by atoms with van der Waals surface area (Å²) < 4.78 is 0. The number of nitrogens with one attached hydrogen (secondary N) is 1. The van der Waals surface area contributed by atoms with Crippen LogP contribution in [0, 0.1) is 6.92 Å². The summed E-state index contributed by atoms with van der Waals surface area (Å²) in [6.45, 7) is 1.99. The standard InChI is InChI=1S/C14H18N2O4S/c1-9-3-2-4-10(5-9)7-21-8-13(18)16-11(14(19)20)6-12(15)17/h2-5,11H,6-8H2,1H3,(H2,15,17)(H,16,18)(H,19,20)/t11-/m1/s1. The largest absolute Gasteiger partial charge is 0.480 e. The summed E-state index contributed by atoms with van der Waals surface area (Å²) >= 11 is 1.37. The van der Waals surface area contributed by atoms with Crippen molar-refractivity contribution < 1.29 is 19.5 Å². The lowest BCUT2D eigenvalue weighted by atomic mass is 10.2. The molecule has 0 spiro atoms. The van der Waals surface area contributed by atoms with E-state index in [1.807, 2.05) is 31.2 Å². The zero-order valence-corrected chi connectivity index (χ0v) is 12.5. The topological polar surface area (TPSA) is 109 Å². The first kappa shape index (κ1) is 17.0. The zero-order valence-electron chi connectivity index (χ0n) is 11.7. The van der Waals surface area contributed by atoms with Crippen LogP contribution in [0.15, 0.2) is 24.3 Å². The molecule has 0 aliphatic rings. The lowest BCUT2D eigenvalue weighted by Gasteiger charge is -2.12. The Morgan fingerprint density at radius 1 is 1.38 bits per heavy atom. The fourth-order valence-corrected chi connectivity index (χ4v) is 2.49. The van der Waals surface area contributed by atoms with E-state index in [-0.39, 0.29) is 5.75 Å². The number of aryl methyl sites for hydroxylation is 1. The van der Waals surface area contributed by atoms with E-state index in [0.717, 1.165) is 11.1 Å². The number of rotatable bonds is 8. The highest BCUT2D eigenvalue weighted by molar-refractivity contribution is 7.99. The summed E-state index contributed by atoms with van der Waals surface area (Å²) in [4.78, 5) is 33.3. The highest BCUT2D eigenvalue weighted by atomic mass is 32.2. The van der Waals surface area contributed by atoms with Crippen LogP contribution in [-0.4, -0.2) is 34.7 Å². The van der Waals surface area contributed by atoms with Gasteiger partial charge in [0.15, 0.2) is 0 Å². The molecule has 0 fully saturated rings. The van der Waals surface area contributed by atoms with E-state index in [1.165, 1.54) is 11.8 Å². The van der Waals surface area contributed by atoms with E-state index in [4.69, 9.17) is 10.8 Å². The van der Waals surface area contributed by atoms with Gasteiger partial charge in [-0.15, -0.1) is 11.8 Å². The molecule has 0 unspecified atom stereocenters. The van der Waals surface area contributed by atoms with Gasteiger partial charge >= 0.3 is 5.97 Å². The van der Waals surface area contributed by atoms with Crippen molar-refractivity contribution in [3.63, 3.8) is 0 Å². The number of carbonyl (C=O) groups excluding carboxylic acids is 2. The third-order valence-electron chi connectivity index (χ3n) is 2.62. The van der Waals surface area contributed by atoms with Crippen LogP contribution in [0.3, 0.4) is 0 Å². The molecule has 1 aromatic carbocycles. The minimum Gasteiger partial charge on any atom is -0.480 e. The van der Waals surface area contributed by atoms with Crippen molar-refractivity contribution in [3.8, 4) is 0 Å². The van der Waals surface area contributed by atoms with Gasteiger partial charge in [0.1, 0.15) is 6.04 Å². The number of hydrogen-bond donors (Lipinski definition) is 3. The molecular formula is C14H18N2O4S. The van der Waals surface area contributed by atoms with Gasteiger partial charge in [0, 0.05) is 5.75 Å². The maximum absolute atomic E-state index is 11.6. The molecular weight excluding hydrogens is 292 g/mol. The number of benzene rings is 1. The van der Waals surface area contributed by atoms with Crippen molar-refractivity contribution in [1.29, 1.82) is 0 Å². The van der Waals surface area contributed by atoms with Crippen LogP contribution >= 0.6 is 11.8 Å². The second-order valence-electron chi connectivity index (χ2n) is 4.61. The lowest BCUT2D eigenvalue weighted by Crippen LogP contribution is -2.44. The van der Waals surface area contributed by atoms with Crippen molar-refractivity contribution in [2.75, 3.05) is 5.75 Å². The van der Waals surface area contributed by atoms with E-state index >= 15 is 0 Å². The fraction of sp³-hybridized carbons (Fsp3) is 0.357. The van der Waals surface area contributed by atoms with Crippen LogP contribution < -0.4 is 11.1 Å². The number of primary amides is 1. The van der Waals surface area contributed by atoms with Gasteiger partial charge in [-0.1, -0.05) is 29.8 Å². The predicted molar refractivity (Wildman–Crippen MR) is 80.7 cm³/mol. The highest BCUT2D eigenvalue weighted by Gasteiger charge is 2.21. The second-order valence-corrected chi connectivity index (χ2v) is 5.60. The van der Waals surface area contributed by atoms with Crippen molar-refractivity contribution >= 4 is 29.5 Å². The predicted octanol–water partition coefficient (Wildman–Crippen LogP) is 0.673. The zero-order chi connectivity index (χ0) is 15.8. The van der Waals surface area contributed by atoms with Crippen molar-refractivity contribution in [2.24, 2.45) is 5.73 Å². The number of thioether (sulfide) groups is 1. The second kappa shape index (κ2) is 8.31. The van der Waals surface area contributed by atoms with Gasteiger partial charge in [-0.2, -0.15) is 0 Å². The number of amides is 2. The van der Waals surface area contributed by atoms with Gasteiger partial charge in [-0.25, -0.2) is 4.79 Å². The molecule has 1 atom stereocenters. The molecule has 0 radical (unpaired) electrons. The summed E-state index contributed by atoms with van der Waals surface area (Å²) in [5.41, 5.74) is 7.18. The van der Waals surface area contributed by atoms with E-state index in [9.17, 15) is 14.4 Å². The first-order chi connectivity index (χ1) is 9.88. The lowest BCUT2D eigenvalue weighted by molar-refractivity contribution is -0.143. The molecule has 1 rings (SSSR count). The van der Waals surface area contributed by atoms with E-state index in [2.05, 4.69) is 5.32 Å². The first-order valence-corrected chi connectivity index (χ1v) is 7.47. The third kappa shape index (κ3) is 6.80. The third-order valence-corrected chi connectivity index (χ3v) is 3.63. The number of nitrogens with two attached hydrogens (primary N) is 1. The number of hydrogen-bond acceptors (Lipinski definition) is 4. The van der Waals surface area contributed by atoms with E-state index < -0.39 is 30.2 Å². The van der Waals surface area contributed by atoms with Gasteiger partial charge in [-0.05, 0) is 12.5 Å². The van der Waals surface area contributed by atoms with Crippen LogP contribution in [0.4, 0.5) is 0 Å². The van der Waals surface area contributed by atoms with E-state index in [0.29, 0.717) is 5.75 Å². The molecule has 0 heterocycles. The number of aliphatic carboxylic acids is 1. The van der Waals surface area contributed by atoms with Crippen LogP contribution in [-0.2, 0) is 20.1 Å². The molecule has 4 N–H and O–H groups in total. The molecule has 2 amide bonds. The van der Waals surface area contributed by atoms with Crippen LogP contribution in [0.2, 0.25) is 0 Å². The molecule has 0 aliphatic heterocycles. The summed E-state index contributed by atoms with van der Waals surface area (Å²) in [5, 5.41) is 11.2. The summed E-state index contributed by atoms with van der Waals surface area (Å²) in [6, 6.07) is 6.65. The Hall–Kier alpha value is -2.02. The first-order valence-electron chi connectivity index (χ1n) is 6.32. The average Bonchev–Trinajstić information content (AvgIpc) is 2.37. The molecule has 21 heavy (non-hydrogen) atoms. The number of carboxylic acid groups (broad SMARTS) is 1. The highest BCUT2D eigenvalue weighted by Crippen LogP contribution is 2.13. The monoisotopic (exact) mass is 310 g/mol. The Kier molecular flexibility index (Phi) is 6.74. The maximum Gasteiger partial charge on any atom is 0.326 e. The van der Waals surface area contributed by atoms with Gasteiger partial charge < -0.3 is 16.2 Å². The average molecular weight is 310 g/mol. The van der Waals surface area contributed by atoms with Gasteiger partial charge in [0.2, 0.25) is 11.8 Å². The Morgan fingerprint density at radius 2 is 2.10 bits per heavy atom. The summed E-state index contributed by atoms with van der Waals surface area (Å²) in [5.74, 6) is -1.69. The maximum atomic E-state index is 11.6. The molecule has 0 aliphatic carbocycles. The van der Waals surface area contributed by atoms with Crippen LogP contribution in [0.5, 0.6) is 0 Å². The summed E-state index contributed by atoms with van der Waals surface area (Å²) in [6.07, 6.45) is -0.413. The molecule has 7 heteroatoms. The summed E-state index contributed by atoms with van der Waals surface area (Å²) in [7, 11) is 0. The molecule has 0 saturated heterocycles. The fourth-order valence-electron chi connectivity index (χ4n) is 1.70. The van der Waals surface area contributed by atoms with Gasteiger partial charge in [0.25, 0.3) is 0 Å². The number of carboxylic acids is 1. The van der Waals surface area contributed by atoms with Gasteiger partial charge in [0.05, 0.1) is 12.2 Å². The van der Waals surface area contributed by atoms with Crippen molar-refractivity contribution in [2.45, 2.75) is 25.1 Å². The Labute approximate surface area is 127 Å². The SMILES string of the molecule is Cc1cccc(CSCC(=O)N[C@H](CC(N)=O)C(=O)O)c1. The Bertz CT molecular complexity index is 533. The normalized spacial score (nSPS) is 11.7. The molecule has 0 bridgehead atoms. The molecule has 6 nitrogen and oxygen atoms in total. The quantitative estimate of drug-likeness (QED) is 0.654. The Morgan fingerprint density at radius 3 is 2.67 bits per heavy atom. The molecule has 0 saturated carbocycles. The van der Waals surface area contributed by atoms with Crippen molar-refractivity contribution in [3.05, 3.63) is 35.4 Å². The minimum absolute atomic E-state index is 0.122. The Balaban J connectivity index is 2.39. The smallest absolute Gasteiger partial charge is 0.326 e. The van der Waals surface area contributed by atoms with E-state index in [1.54, 1.807) is 0 Å². The van der Waals surface area contributed by atoms with Crippen LogP contribution in [0.1, 0.15) is 17.5 Å². The molecule has 1 aromatic rings. The number of carbonyl (C=O) groups is 3.